The van der Waals surface area contributed by atoms with Crippen molar-refractivity contribution >= 4 is 12.2 Å². The van der Waals surface area contributed by atoms with Crippen LogP contribution in [0.5, 0.6) is 0 Å². The lowest BCUT2D eigenvalue weighted by Crippen LogP contribution is -2.14. The zero-order valence-corrected chi connectivity index (χ0v) is 11.3. The third-order valence-corrected chi connectivity index (χ3v) is 2.80. The second-order valence-electron chi connectivity index (χ2n) is 5.10. The first kappa shape index (κ1) is 12.0. The van der Waals surface area contributed by atoms with Crippen LogP contribution < -0.4 is 0 Å². The van der Waals surface area contributed by atoms with Gasteiger partial charge in [-0.25, -0.2) is 0 Å². The Bertz CT molecular complexity index is 589. The van der Waals surface area contributed by atoms with E-state index in [1.54, 1.807) is 0 Å². The summed E-state index contributed by atoms with van der Waals surface area (Å²) in [6, 6.07) is 4.07. The van der Waals surface area contributed by atoms with E-state index in [1.807, 2.05) is 19.1 Å². The number of hydrogen-bond acceptors (Lipinski definition) is 3. The molecule has 0 saturated heterocycles. The van der Waals surface area contributed by atoms with E-state index in [9.17, 15) is 0 Å². The smallest absolute Gasteiger partial charge is 0.213 e. The molecule has 0 aliphatic rings. The maximum Gasteiger partial charge on any atom is 0.213 e. The van der Waals surface area contributed by atoms with Gasteiger partial charge in [-0.2, -0.15) is 4.98 Å². The van der Waals surface area contributed by atoms with Crippen LogP contribution in [0.1, 0.15) is 32.2 Å². The number of aryl methyl sites for hydroxylation is 1. The summed E-state index contributed by atoms with van der Waals surface area (Å²) < 4.78 is 0.458. The summed E-state index contributed by atoms with van der Waals surface area (Å²) in [5.41, 5.74) is 3.07. The molecule has 0 aromatic carbocycles. The molecule has 0 spiro atoms. The fraction of sp³-hybridized carbons (Fsp3) is 0.417. The van der Waals surface area contributed by atoms with Gasteiger partial charge in [0.15, 0.2) is 5.82 Å². The van der Waals surface area contributed by atoms with E-state index >= 15 is 0 Å². The van der Waals surface area contributed by atoms with Crippen molar-refractivity contribution in [3.05, 3.63) is 28.3 Å². The molecule has 0 unspecified atom stereocenters. The molecule has 2 aromatic rings. The van der Waals surface area contributed by atoms with E-state index in [1.165, 1.54) is 0 Å². The summed E-state index contributed by atoms with van der Waals surface area (Å²) in [4.78, 5) is 8.82. The molecule has 0 fully saturated rings. The Hall–Kier alpha value is -1.49. The van der Waals surface area contributed by atoms with E-state index in [4.69, 9.17) is 12.2 Å². The first-order valence-corrected chi connectivity index (χ1v) is 5.92. The Morgan fingerprint density at radius 1 is 1.12 bits per heavy atom. The summed E-state index contributed by atoms with van der Waals surface area (Å²) in [6.45, 7) is 8.43. The van der Waals surface area contributed by atoms with Crippen molar-refractivity contribution in [1.82, 2.24) is 20.2 Å². The zero-order chi connectivity index (χ0) is 12.6. The second-order valence-corrected chi connectivity index (χ2v) is 5.48. The van der Waals surface area contributed by atoms with Crippen molar-refractivity contribution in [1.29, 1.82) is 0 Å². The predicted octanol–water partition coefficient (Wildman–Crippen LogP) is 3.14. The minimum atomic E-state index is 0.0573. The maximum atomic E-state index is 4.94. The van der Waals surface area contributed by atoms with Gasteiger partial charge < -0.3 is 0 Å². The van der Waals surface area contributed by atoms with E-state index in [0.29, 0.717) is 4.77 Å². The maximum absolute atomic E-state index is 4.94. The van der Waals surface area contributed by atoms with Crippen LogP contribution in [0.4, 0.5) is 0 Å². The van der Waals surface area contributed by atoms with E-state index < -0.39 is 0 Å². The van der Waals surface area contributed by atoms with Crippen LogP contribution in [-0.4, -0.2) is 20.2 Å². The van der Waals surface area contributed by atoms with Crippen molar-refractivity contribution in [2.75, 3.05) is 0 Å². The molecular formula is C12H16N4S. The molecule has 0 radical (unpaired) electrons. The Labute approximate surface area is 106 Å². The number of aromatic amines is 2. The van der Waals surface area contributed by atoms with Gasteiger partial charge in [0.2, 0.25) is 4.77 Å². The van der Waals surface area contributed by atoms with Crippen LogP contribution in [0.2, 0.25) is 0 Å². The van der Waals surface area contributed by atoms with Crippen molar-refractivity contribution < 1.29 is 0 Å². The molecule has 2 N–H and O–H groups in total. The molecule has 2 heterocycles. The van der Waals surface area contributed by atoms with Gasteiger partial charge in [-0.3, -0.25) is 15.2 Å². The highest BCUT2D eigenvalue weighted by atomic mass is 32.1. The molecule has 0 atom stereocenters. The number of aromatic nitrogens is 4. The first-order valence-electron chi connectivity index (χ1n) is 5.51. The van der Waals surface area contributed by atoms with Crippen molar-refractivity contribution in [3.8, 4) is 11.4 Å². The largest absolute Gasteiger partial charge is 0.282 e. The average Bonchev–Trinajstić information content (AvgIpc) is 2.63. The van der Waals surface area contributed by atoms with Gasteiger partial charge in [-0.05, 0) is 31.3 Å². The molecule has 0 saturated carbocycles. The molecule has 0 bridgehead atoms. The monoisotopic (exact) mass is 248 g/mol. The molecule has 0 amide bonds. The highest BCUT2D eigenvalue weighted by Gasteiger charge is 2.17. The summed E-state index contributed by atoms with van der Waals surface area (Å²) >= 11 is 4.94. The fourth-order valence-corrected chi connectivity index (χ4v) is 1.77. The normalized spacial score (nSPS) is 11.8. The van der Waals surface area contributed by atoms with E-state index in [2.05, 4.69) is 40.9 Å². The van der Waals surface area contributed by atoms with Crippen LogP contribution in [0, 0.1) is 11.7 Å². The summed E-state index contributed by atoms with van der Waals surface area (Å²) in [7, 11) is 0. The van der Waals surface area contributed by atoms with Gasteiger partial charge in [0, 0.05) is 22.4 Å². The van der Waals surface area contributed by atoms with Crippen molar-refractivity contribution in [3.63, 3.8) is 0 Å². The third-order valence-electron chi connectivity index (χ3n) is 2.61. The van der Waals surface area contributed by atoms with Crippen LogP contribution in [0.25, 0.3) is 11.4 Å². The van der Waals surface area contributed by atoms with Gasteiger partial charge in [0.05, 0.1) is 0 Å². The Kier molecular flexibility index (Phi) is 2.87. The minimum Gasteiger partial charge on any atom is -0.282 e. The van der Waals surface area contributed by atoms with Gasteiger partial charge in [0.1, 0.15) is 0 Å². The molecule has 5 heteroatoms. The zero-order valence-electron chi connectivity index (χ0n) is 10.5. The van der Waals surface area contributed by atoms with Crippen molar-refractivity contribution in [2.24, 2.45) is 0 Å². The second kappa shape index (κ2) is 4.07. The number of rotatable bonds is 1. The molecule has 0 aliphatic carbocycles. The molecule has 17 heavy (non-hydrogen) atoms. The van der Waals surface area contributed by atoms with Crippen LogP contribution in [-0.2, 0) is 5.41 Å². The van der Waals surface area contributed by atoms with Crippen molar-refractivity contribution in [2.45, 2.75) is 33.1 Å². The Morgan fingerprint density at radius 2 is 1.82 bits per heavy atom. The molecule has 4 nitrogen and oxygen atoms in total. The average molecular weight is 248 g/mol. The highest BCUT2D eigenvalue weighted by molar-refractivity contribution is 7.71. The van der Waals surface area contributed by atoms with E-state index in [0.717, 1.165) is 22.8 Å². The summed E-state index contributed by atoms with van der Waals surface area (Å²) in [5, 5.41) is 5.73. The Balaban J connectivity index is 2.49. The van der Waals surface area contributed by atoms with Gasteiger partial charge in [0.25, 0.3) is 0 Å². The topological polar surface area (TPSA) is 57.4 Å². The minimum absolute atomic E-state index is 0.0573. The molecule has 90 valence electrons. The van der Waals surface area contributed by atoms with Gasteiger partial charge >= 0.3 is 0 Å². The molecular weight excluding hydrogens is 232 g/mol. The number of H-pyrrole nitrogens is 2. The highest BCUT2D eigenvalue weighted by Crippen LogP contribution is 2.24. The molecule has 2 aromatic heterocycles. The number of hydrogen-bond donors (Lipinski definition) is 2. The standard InChI is InChI=1S/C12H16N4S/c1-7-8(10-14-11(17)16-15-10)5-6-9(13-7)12(2,3)4/h5-6H,1-4H3,(H2,14,15,16,17). The first-order chi connectivity index (χ1) is 7.88. The third kappa shape index (κ3) is 2.44. The lowest BCUT2D eigenvalue weighted by molar-refractivity contribution is 0.567. The van der Waals surface area contributed by atoms with Gasteiger partial charge in [-0.1, -0.05) is 20.8 Å². The molecule has 2 rings (SSSR count). The lowest BCUT2D eigenvalue weighted by Gasteiger charge is -2.18. The number of pyridine rings is 1. The lowest BCUT2D eigenvalue weighted by atomic mass is 9.91. The van der Waals surface area contributed by atoms with E-state index in [-0.39, 0.29) is 5.41 Å². The summed E-state index contributed by atoms with van der Waals surface area (Å²) in [6.07, 6.45) is 0. The number of nitrogens with zero attached hydrogens (tertiary/aromatic N) is 2. The molecule has 0 aliphatic heterocycles. The quantitative estimate of drug-likeness (QED) is 0.762. The predicted molar refractivity (Wildman–Crippen MR) is 70.4 cm³/mol. The Morgan fingerprint density at radius 3 is 2.29 bits per heavy atom. The SMILES string of the molecule is Cc1nc(C(C)(C)C)ccc1-c1nc(=S)[nH][nH]1. The van der Waals surface area contributed by atoms with Gasteiger partial charge in [-0.15, -0.1) is 0 Å². The van der Waals surface area contributed by atoms with Crippen LogP contribution in [0.3, 0.4) is 0 Å². The van der Waals surface area contributed by atoms with Crippen LogP contribution >= 0.6 is 12.2 Å². The number of nitrogens with one attached hydrogen (secondary N) is 2. The summed E-state index contributed by atoms with van der Waals surface area (Å²) in [5.74, 6) is 0.737. The van der Waals surface area contributed by atoms with Crippen LogP contribution in [0.15, 0.2) is 12.1 Å². The fourth-order valence-electron chi connectivity index (χ4n) is 1.63.